The fourth-order valence-corrected chi connectivity index (χ4v) is 2.10. The maximum Gasteiger partial charge on any atom is 0.117 e. The van der Waals surface area contributed by atoms with Gasteiger partial charge in [0.05, 0.1) is 12.8 Å². The molecule has 1 aliphatic rings. The Balaban J connectivity index is 1.54. The summed E-state index contributed by atoms with van der Waals surface area (Å²) in [6.45, 7) is 4.35. The van der Waals surface area contributed by atoms with Gasteiger partial charge < -0.3 is 15.1 Å². The molecule has 3 heteroatoms. The van der Waals surface area contributed by atoms with Crippen molar-refractivity contribution in [2.45, 2.75) is 25.8 Å². The molecule has 1 unspecified atom stereocenters. The maximum absolute atomic E-state index is 5.25. The van der Waals surface area contributed by atoms with E-state index in [2.05, 4.69) is 10.6 Å². The van der Waals surface area contributed by atoms with Gasteiger partial charge in [-0.05, 0) is 56.9 Å². The lowest BCUT2D eigenvalue weighted by Crippen LogP contribution is -2.31. The Morgan fingerprint density at radius 1 is 1.53 bits per heavy atom. The molecule has 2 rings (SSSR count). The Morgan fingerprint density at radius 2 is 2.53 bits per heavy atom. The van der Waals surface area contributed by atoms with E-state index in [1.807, 2.05) is 12.1 Å². The van der Waals surface area contributed by atoms with Crippen molar-refractivity contribution in [1.29, 1.82) is 0 Å². The molecule has 1 aliphatic heterocycles. The van der Waals surface area contributed by atoms with E-state index in [1.165, 1.54) is 32.4 Å². The van der Waals surface area contributed by atoms with Gasteiger partial charge >= 0.3 is 0 Å². The van der Waals surface area contributed by atoms with E-state index in [4.69, 9.17) is 4.42 Å². The third kappa shape index (κ3) is 3.68. The van der Waals surface area contributed by atoms with Gasteiger partial charge in [-0.2, -0.15) is 0 Å². The van der Waals surface area contributed by atoms with Crippen LogP contribution < -0.4 is 10.6 Å². The minimum atomic E-state index is 0.854. The standard InChI is InChI=1S/C12H20N2O/c1-3-11(9-13-6-1)5-7-14-10-12-4-2-8-15-12/h2,4,8,11,13-14H,1,3,5-7,9-10H2. The van der Waals surface area contributed by atoms with Gasteiger partial charge in [-0.15, -0.1) is 0 Å². The second kappa shape index (κ2) is 5.93. The Morgan fingerprint density at radius 3 is 3.27 bits per heavy atom. The largest absolute Gasteiger partial charge is 0.468 e. The highest BCUT2D eigenvalue weighted by Crippen LogP contribution is 2.12. The van der Waals surface area contributed by atoms with E-state index in [9.17, 15) is 0 Å². The Kier molecular flexibility index (Phi) is 4.23. The predicted octanol–water partition coefficient (Wildman–Crippen LogP) is 1.76. The zero-order chi connectivity index (χ0) is 10.3. The molecule has 15 heavy (non-hydrogen) atoms. The van der Waals surface area contributed by atoms with Crippen molar-refractivity contribution in [1.82, 2.24) is 10.6 Å². The molecule has 0 bridgehead atoms. The van der Waals surface area contributed by atoms with Crippen LogP contribution in [-0.4, -0.2) is 19.6 Å². The average molecular weight is 208 g/mol. The molecule has 1 saturated heterocycles. The quantitative estimate of drug-likeness (QED) is 0.724. The van der Waals surface area contributed by atoms with Crippen LogP contribution in [0.4, 0.5) is 0 Å². The summed E-state index contributed by atoms with van der Waals surface area (Å²) in [6.07, 6.45) is 5.72. The zero-order valence-electron chi connectivity index (χ0n) is 9.17. The van der Waals surface area contributed by atoms with E-state index in [1.54, 1.807) is 6.26 Å². The Hall–Kier alpha value is -0.800. The summed E-state index contributed by atoms with van der Waals surface area (Å²) in [5.41, 5.74) is 0. The van der Waals surface area contributed by atoms with Crippen LogP contribution in [0.5, 0.6) is 0 Å². The fraction of sp³-hybridized carbons (Fsp3) is 0.667. The van der Waals surface area contributed by atoms with E-state index in [0.717, 1.165) is 24.8 Å². The van der Waals surface area contributed by atoms with E-state index >= 15 is 0 Å². The molecule has 1 atom stereocenters. The topological polar surface area (TPSA) is 37.2 Å². The summed E-state index contributed by atoms with van der Waals surface area (Å²) < 4.78 is 5.25. The van der Waals surface area contributed by atoms with Crippen molar-refractivity contribution < 1.29 is 4.42 Å². The van der Waals surface area contributed by atoms with Crippen molar-refractivity contribution in [3.05, 3.63) is 24.2 Å². The molecule has 0 saturated carbocycles. The first kappa shape index (κ1) is 10.7. The lowest BCUT2D eigenvalue weighted by Gasteiger charge is -2.22. The summed E-state index contributed by atoms with van der Waals surface area (Å²) in [4.78, 5) is 0. The number of rotatable bonds is 5. The first-order chi connectivity index (χ1) is 7.45. The van der Waals surface area contributed by atoms with E-state index < -0.39 is 0 Å². The van der Waals surface area contributed by atoms with Gasteiger partial charge in [-0.1, -0.05) is 0 Å². The maximum atomic E-state index is 5.25. The van der Waals surface area contributed by atoms with Crippen LogP contribution in [0.15, 0.2) is 22.8 Å². The van der Waals surface area contributed by atoms with Crippen molar-refractivity contribution in [3.8, 4) is 0 Å². The highest BCUT2D eigenvalue weighted by molar-refractivity contribution is 4.97. The highest BCUT2D eigenvalue weighted by Gasteiger charge is 2.11. The third-order valence-electron chi connectivity index (χ3n) is 3.01. The molecule has 2 heterocycles. The summed E-state index contributed by atoms with van der Waals surface area (Å²) in [5, 5.41) is 6.86. The van der Waals surface area contributed by atoms with Crippen LogP contribution in [0.2, 0.25) is 0 Å². The molecule has 0 spiro atoms. The number of piperidine rings is 1. The highest BCUT2D eigenvalue weighted by atomic mass is 16.3. The predicted molar refractivity (Wildman–Crippen MR) is 60.6 cm³/mol. The Labute approximate surface area is 91.2 Å². The number of hydrogen-bond acceptors (Lipinski definition) is 3. The molecule has 0 aliphatic carbocycles. The summed E-state index contributed by atoms with van der Waals surface area (Å²) >= 11 is 0. The first-order valence-corrected chi connectivity index (χ1v) is 5.89. The van der Waals surface area contributed by atoms with Crippen LogP contribution in [0.1, 0.15) is 25.0 Å². The molecular formula is C12H20N2O. The molecule has 1 aromatic rings. The molecule has 1 aromatic heterocycles. The third-order valence-corrected chi connectivity index (χ3v) is 3.01. The van der Waals surface area contributed by atoms with Crippen LogP contribution in [0, 0.1) is 5.92 Å². The van der Waals surface area contributed by atoms with E-state index in [0.29, 0.717) is 0 Å². The minimum Gasteiger partial charge on any atom is -0.468 e. The zero-order valence-corrected chi connectivity index (χ0v) is 9.17. The first-order valence-electron chi connectivity index (χ1n) is 5.89. The number of hydrogen-bond donors (Lipinski definition) is 2. The second-order valence-corrected chi connectivity index (χ2v) is 4.26. The van der Waals surface area contributed by atoms with Crippen LogP contribution in [0.3, 0.4) is 0 Å². The lowest BCUT2D eigenvalue weighted by atomic mass is 9.96. The molecule has 84 valence electrons. The van der Waals surface area contributed by atoms with Crippen LogP contribution in [0.25, 0.3) is 0 Å². The van der Waals surface area contributed by atoms with E-state index in [-0.39, 0.29) is 0 Å². The van der Waals surface area contributed by atoms with Crippen molar-refractivity contribution in [2.75, 3.05) is 19.6 Å². The average Bonchev–Trinajstić information content (AvgIpc) is 2.79. The molecule has 1 fully saturated rings. The molecule has 0 amide bonds. The molecular weight excluding hydrogens is 188 g/mol. The van der Waals surface area contributed by atoms with Gasteiger partial charge in [0.2, 0.25) is 0 Å². The molecule has 0 aromatic carbocycles. The van der Waals surface area contributed by atoms with Crippen molar-refractivity contribution >= 4 is 0 Å². The normalized spacial score (nSPS) is 21.7. The SMILES string of the molecule is c1coc(CNCCC2CCCNC2)c1. The number of furan rings is 1. The van der Waals surface area contributed by atoms with Crippen molar-refractivity contribution in [3.63, 3.8) is 0 Å². The Bertz CT molecular complexity index is 253. The number of nitrogens with one attached hydrogen (secondary N) is 2. The smallest absolute Gasteiger partial charge is 0.117 e. The molecule has 3 nitrogen and oxygen atoms in total. The van der Waals surface area contributed by atoms with Gasteiger partial charge in [0.1, 0.15) is 5.76 Å². The van der Waals surface area contributed by atoms with Gasteiger partial charge in [-0.3, -0.25) is 0 Å². The van der Waals surface area contributed by atoms with Gasteiger partial charge in [0, 0.05) is 0 Å². The van der Waals surface area contributed by atoms with Crippen molar-refractivity contribution in [2.24, 2.45) is 5.92 Å². The second-order valence-electron chi connectivity index (χ2n) is 4.26. The summed E-state index contributed by atoms with van der Waals surface area (Å²) in [5.74, 6) is 1.89. The van der Waals surface area contributed by atoms with Crippen LogP contribution in [-0.2, 0) is 6.54 Å². The summed E-state index contributed by atoms with van der Waals surface area (Å²) in [6, 6.07) is 3.94. The molecule has 0 radical (unpaired) electrons. The van der Waals surface area contributed by atoms with Gasteiger partial charge in [0.25, 0.3) is 0 Å². The monoisotopic (exact) mass is 208 g/mol. The minimum absolute atomic E-state index is 0.854. The van der Waals surface area contributed by atoms with Gasteiger partial charge in [-0.25, -0.2) is 0 Å². The lowest BCUT2D eigenvalue weighted by molar-refractivity contribution is 0.349. The summed E-state index contributed by atoms with van der Waals surface area (Å²) in [7, 11) is 0. The fourth-order valence-electron chi connectivity index (χ4n) is 2.10. The van der Waals surface area contributed by atoms with Crippen LogP contribution >= 0.6 is 0 Å². The van der Waals surface area contributed by atoms with Gasteiger partial charge in [0.15, 0.2) is 0 Å². The molecule has 2 N–H and O–H groups in total.